The molecule has 10 heavy (non-hydrogen) atoms. The minimum atomic E-state index is 0.353. The molecule has 0 spiro atoms. The van der Waals surface area contributed by atoms with Gasteiger partial charge in [0.05, 0.1) is 6.54 Å². The fourth-order valence-corrected chi connectivity index (χ4v) is 1.02. The SMILES string of the molecule is C#CCN(C)CC(C)(C)C. The summed E-state index contributed by atoms with van der Waals surface area (Å²) in [5.74, 6) is 2.62. The van der Waals surface area contributed by atoms with Gasteiger partial charge in [-0.2, -0.15) is 0 Å². The maximum absolute atomic E-state index is 5.16. The van der Waals surface area contributed by atoms with Crippen LogP contribution in [0.1, 0.15) is 20.8 Å². The Morgan fingerprint density at radius 1 is 1.40 bits per heavy atom. The van der Waals surface area contributed by atoms with Crippen molar-refractivity contribution >= 4 is 0 Å². The van der Waals surface area contributed by atoms with E-state index in [1.165, 1.54) is 0 Å². The third-order valence-corrected chi connectivity index (χ3v) is 1.11. The van der Waals surface area contributed by atoms with Crippen LogP contribution in [-0.2, 0) is 0 Å². The smallest absolute Gasteiger partial charge is 0.0596 e. The normalized spacial score (nSPS) is 11.6. The Kier molecular flexibility index (Phi) is 3.46. The number of nitrogens with zero attached hydrogens (tertiary/aromatic N) is 1. The van der Waals surface area contributed by atoms with Gasteiger partial charge >= 0.3 is 0 Å². The van der Waals surface area contributed by atoms with Crippen LogP contribution in [0.15, 0.2) is 0 Å². The molecule has 0 fully saturated rings. The minimum Gasteiger partial charge on any atom is -0.295 e. The maximum atomic E-state index is 5.16. The second-order valence-corrected chi connectivity index (χ2v) is 3.94. The van der Waals surface area contributed by atoms with Gasteiger partial charge in [0.15, 0.2) is 0 Å². The summed E-state index contributed by atoms with van der Waals surface area (Å²) in [5, 5.41) is 0. The first-order valence-corrected chi connectivity index (χ1v) is 3.58. The van der Waals surface area contributed by atoms with Crippen LogP contribution in [0, 0.1) is 17.8 Å². The van der Waals surface area contributed by atoms with Crippen LogP contribution in [0.2, 0.25) is 0 Å². The van der Waals surface area contributed by atoms with E-state index < -0.39 is 0 Å². The van der Waals surface area contributed by atoms with E-state index in [9.17, 15) is 0 Å². The average molecular weight is 139 g/mol. The molecule has 0 unspecified atom stereocenters. The zero-order valence-electron chi connectivity index (χ0n) is 7.44. The molecule has 0 atom stereocenters. The molecular formula is C9H17N. The first kappa shape index (κ1) is 9.52. The predicted octanol–water partition coefficient (Wildman–Crippen LogP) is 1.60. The molecule has 0 aromatic carbocycles. The molecule has 1 heteroatoms. The Labute approximate surface area is 64.4 Å². The van der Waals surface area contributed by atoms with Crippen molar-refractivity contribution in [3.63, 3.8) is 0 Å². The maximum Gasteiger partial charge on any atom is 0.0596 e. The summed E-state index contributed by atoms with van der Waals surface area (Å²) < 4.78 is 0. The average Bonchev–Trinajstić information content (AvgIpc) is 1.59. The Hall–Kier alpha value is -0.480. The van der Waals surface area contributed by atoms with Gasteiger partial charge in [-0.25, -0.2) is 0 Å². The first-order chi connectivity index (χ1) is 4.45. The number of terminal acetylenes is 1. The van der Waals surface area contributed by atoms with E-state index in [4.69, 9.17) is 6.42 Å². The van der Waals surface area contributed by atoms with Crippen molar-refractivity contribution in [2.24, 2.45) is 5.41 Å². The molecule has 0 aliphatic rings. The largest absolute Gasteiger partial charge is 0.295 e. The Morgan fingerprint density at radius 3 is 2.20 bits per heavy atom. The van der Waals surface area contributed by atoms with Crippen LogP contribution >= 0.6 is 0 Å². The molecule has 0 rings (SSSR count). The van der Waals surface area contributed by atoms with Crippen LogP contribution in [0.3, 0.4) is 0 Å². The van der Waals surface area contributed by atoms with Crippen molar-refractivity contribution in [3.05, 3.63) is 0 Å². The lowest BCUT2D eigenvalue weighted by atomic mass is 9.96. The number of hydrogen-bond acceptors (Lipinski definition) is 1. The highest BCUT2D eigenvalue weighted by atomic mass is 15.1. The molecule has 1 nitrogen and oxygen atoms in total. The van der Waals surface area contributed by atoms with E-state index in [1.807, 2.05) is 7.05 Å². The van der Waals surface area contributed by atoms with Gasteiger partial charge in [-0.15, -0.1) is 6.42 Å². The minimum absolute atomic E-state index is 0.353. The fraction of sp³-hybridized carbons (Fsp3) is 0.778. The predicted molar refractivity (Wildman–Crippen MR) is 45.8 cm³/mol. The molecule has 0 aromatic rings. The van der Waals surface area contributed by atoms with Gasteiger partial charge < -0.3 is 0 Å². The van der Waals surface area contributed by atoms with Crippen LogP contribution < -0.4 is 0 Å². The van der Waals surface area contributed by atoms with Crippen molar-refractivity contribution in [2.75, 3.05) is 20.1 Å². The second kappa shape index (κ2) is 3.63. The van der Waals surface area contributed by atoms with Gasteiger partial charge in [-0.1, -0.05) is 26.7 Å². The summed E-state index contributed by atoms with van der Waals surface area (Å²) in [6, 6.07) is 0. The standard InChI is InChI=1S/C9H17N/c1-6-7-10(5)8-9(2,3)4/h1H,7-8H2,2-5H3. The zero-order valence-corrected chi connectivity index (χ0v) is 7.44. The van der Waals surface area contributed by atoms with E-state index in [0.29, 0.717) is 5.41 Å². The Bertz CT molecular complexity index is 125. The van der Waals surface area contributed by atoms with E-state index in [1.54, 1.807) is 0 Å². The lowest BCUT2D eigenvalue weighted by molar-refractivity contribution is 0.247. The molecule has 0 aliphatic heterocycles. The summed E-state index contributed by atoms with van der Waals surface area (Å²) in [7, 11) is 2.05. The van der Waals surface area contributed by atoms with Gasteiger partial charge in [0.25, 0.3) is 0 Å². The van der Waals surface area contributed by atoms with Crippen molar-refractivity contribution < 1.29 is 0 Å². The highest BCUT2D eigenvalue weighted by Crippen LogP contribution is 2.13. The lowest BCUT2D eigenvalue weighted by Gasteiger charge is -2.24. The molecule has 0 amide bonds. The highest BCUT2D eigenvalue weighted by molar-refractivity contribution is 4.87. The molecule has 0 bridgehead atoms. The van der Waals surface area contributed by atoms with Gasteiger partial charge in [0, 0.05) is 6.54 Å². The van der Waals surface area contributed by atoms with E-state index in [-0.39, 0.29) is 0 Å². The van der Waals surface area contributed by atoms with Crippen LogP contribution in [-0.4, -0.2) is 25.0 Å². The highest BCUT2D eigenvalue weighted by Gasteiger charge is 2.11. The van der Waals surface area contributed by atoms with Crippen LogP contribution in [0.4, 0.5) is 0 Å². The Balaban J connectivity index is 3.60. The quantitative estimate of drug-likeness (QED) is 0.525. The summed E-state index contributed by atoms with van der Waals surface area (Å²) in [6.45, 7) is 8.43. The molecule has 58 valence electrons. The summed E-state index contributed by atoms with van der Waals surface area (Å²) in [5.41, 5.74) is 0.353. The molecule has 0 heterocycles. The fourth-order valence-electron chi connectivity index (χ4n) is 1.02. The van der Waals surface area contributed by atoms with Gasteiger partial charge in [-0.05, 0) is 12.5 Å². The number of hydrogen-bond donors (Lipinski definition) is 0. The van der Waals surface area contributed by atoms with Crippen LogP contribution in [0.5, 0.6) is 0 Å². The molecule has 0 aromatic heterocycles. The number of rotatable bonds is 2. The summed E-state index contributed by atoms with van der Waals surface area (Å²) in [4.78, 5) is 2.15. The van der Waals surface area contributed by atoms with Gasteiger partial charge in [-0.3, -0.25) is 4.90 Å². The van der Waals surface area contributed by atoms with Crippen molar-refractivity contribution in [1.29, 1.82) is 0 Å². The second-order valence-electron chi connectivity index (χ2n) is 3.94. The molecule has 0 aliphatic carbocycles. The van der Waals surface area contributed by atoms with E-state index in [0.717, 1.165) is 13.1 Å². The summed E-state index contributed by atoms with van der Waals surface area (Å²) in [6.07, 6.45) is 5.16. The molecular weight excluding hydrogens is 122 g/mol. The van der Waals surface area contributed by atoms with Gasteiger partial charge in [0.1, 0.15) is 0 Å². The molecule has 0 radical (unpaired) electrons. The van der Waals surface area contributed by atoms with Crippen molar-refractivity contribution in [1.82, 2.24) is 4.90 Å². The Morgan fingerprint density at radius 2 is 1.90 bits per heavy atom. The molecule has 0 N–H and O–H groups in total. The third kappa shape index (κ3) is 5.65. The van der Waals surface area contributed by atoms with E-state index >= 15 is 0 Å². The van der Waals surface area contributed by atoms with Crippen molar-refractivity contribution in [2.45, 2.75) is 20.8 Å². The van der Waals surface area contributed by atoms with Gasteiger partial charge in [0.2, 0.25) is 0 Å². The topological polar surface area (TPSA) is 3.24 Å². The monoisotopic (exact) mass is 139 g/mol. The third-order valence-electron chi connectivity index (χ3n) is 1.11. The first-order valence-electron chi connectivity index (χ1n) is 3.58. The van der Waals surface area contributed by atoms with E-state index in [2.05, 4.69) is 31.6 Å². The molecule has 0 saturated heterocycles. The molecule has 0 saturated carbocycles. The summed E-state index contributed by atoms with van der Waals surface area (Å²) >= 11 is 0. The van der Waals surface area contributed by atoms with Crippen LogP contribution in [0.25, 0.3) is 0 Å². The van der Waals surface area contributed by atoms with Crippen molar-refractivity contribution in [3.8, 4) is 12.3 Å². The lowest BCUT2D eigenvalue weighted by Crippen LogP contribution is -2.29. The zero-order chi connectivity index (χ0) is 8.20.